The summed E-state index contributed by atoms with van der Waals surface area (Å²) in [5.41, 5.74) is 3.79. The van der Waals surface area contributed by atoms with E-state index in [1.165, 1.54) is 16.8 Å². The predicted molar refractivity (Wildman–Crippen MR) is 115 cm³/mol. The van der Waals surface area contributed by atoms with E-state index in [0.717, 1.165) is 11.9 Å². The second-order valence-electron chi connectivity index (χ2n) is 8.05. The molecule has 146 valence electrons. The van der Waals surface area contributed by atoms with Crippen molar-refractivity contribution >= 4 is 17.6 Å². The minimum Gasteiger partial charge on any atom is -0.312 e. The lowest BCUT2D eigenvalue weighted by atomic mass is 9.93. The van der Waals surface area contributed by atoms with E-state index in [4.69, 9.17) is 4.99 Å². The van der Waals surface area contributed by atoms with Gasteiger partial charge in [0.15, 0.2) is 0 Å². The molecule has 0 saturated carbocycles. The van der Waals surface area contributed by atoms with Gasteiger partial charge in [0.2, 0.25) is 0 Å². The van der Waals surface area contributed by atoms with E-state index < -0.39 is 0 Å². The van der Waals surface area contributed by atoms with Gasteiger partial charge in [-0.25, -0.2) is 10.3 Å². The van der Waals surface area contributed by atoms with Crippen LogP contribution in [0.4, 0.5) is 5.69 Å². The van der Waals surface area contributed by atoms with Gasteiger partial charge in [0, 0.05) is 11.7 Å². The van der Waals surface area contributed by atoms with Crippen molar-refractivity contribution in [3.05, 3.63) is 29.3 Å². The van der Waals surface area contributed by atoms with Crippen molar-refractivity contribution in [2.24, 2.45) is 4.99 Å². The molecule has 1 aromatic carbocycles. The fourth-order valence-electron chi connectivity index (χ4n) is 2.90. The molecular formula is C21H38N5+. The first-order valence-corrected chi connectivity index (χ1v) is 9.50. The van der Waals surface area contributed by atoms with Gasteiger partial charge in [-0.2, -0.15) is 0 Å². The molecule has 26 heavy (non-hydrogen) atoms. The fraction of sp³-hybridized carbons (Fsp3) is 0.619. The van der Waals surface area contributed by atoms with Crippen LogP contribution in [-0.4, -0.2) is 55.6 Å². The molecular weight excluding hydrogens is 322 g/mol. The Hall–Kier alpha value is -2.04. The Balaban J connectivity index is 3.39. The number of hydrogen-bond donors (Lipinski definition) is 2. The third kappa shape index (κ3) is 6.04. The maximum Gasteiger partial charge on any atom is 0.354 e. The van der Waals surface area contributed by atoms with Gasteiger partial charge >= 0.3 is 5.96 Å². The van der Waals surface area contributed by atoms with Crippen molar-refractivity contribution in [1.29, 1.82) is 0 Å². The number of para-hydroxylation sites is 1. The molecule has 0 heterocycles. The average molecular weight is 361 g/mol. The third-order valence-electron chi connectivity index (χ3n) is 4.08. The highest BCUT2D eigenvalue weighted by molar-refractivity contribution is 6.04. The number of anilines is 1. The van der Waals surface area contributed by atoms with Gasteiger partial charge in [-0.15, -0.1) is 0 Å². The van der Waals surface area contributed by atoms with Crippen molar-refractivity contribution < 1.29 is 4.58 Å². The highest BCUT2D eigenvalue weighted by atomic mass is 15.3. The summed E-state index contributed by atoms with van der Waals surface area (Å²) in [4.78, 5) is 6.85. The molecule has 0 radical (unpaired) electrons. The summed E-state index contributed by atoms with van der Waals surface area (Å²) in [6.45, 7) is 13.1. The van der Waals surface area contributed by atoms with Gasteiger partial charge in [0.05, 0.1) is 28.2 Å². The predicted octanol–water partition coefficient (Wildman–Crippen LogP) is 3.89. The first kappa shape index (κ1) is 22.0. The Morgan fingerprint density at radius 2 is 1.46 bits per heavy atom. The minimum absolute atomic E-state index is 0.185. The van der Waals surface area contributed by atoms with Crippen LogP contribution in [0.5, 0.6) is 0 Å². The Morgan fingerprint density at radius 3 is 1.81 bits per heavy atom. The van der Waals surface area contributed by atoms with Crippen LogP contribution in [0.1, 0.15) is 64.5 Å². The number of nitrogens with one attached hydrogen (secondary N) is 2. The van der Waals surface area contributed by atoms with Crippen LogP contribution in [0, 0.1) is 0 Å². The van der Waals surface area contributed by atoms with Crippen molar-refractivity contribution in [3.8, 4) is 0 Å². The maximum absolute atomic E-state index is 4.80. The molecule has 0 aliphatic carbocycles. The van der Waals surface area contributed by atoms with Crippen LogP contribution in [0.3, 0.4) is 0 Å². The van der Waals surface area contributed by atoms with Crippen molar-refractivity contribution in [2.75, 3.05) is 33.5 Å². The molecule has 0 aromatic heterocycles. The van der Waals surface area contributed by atoms with E-state index in [9.17, 15) is 0 Å². The second kappa shape index (κ2) is 9.60. The zero-order chi connectivity index (χ0) is 20.0. The molecule has 5 nitrogen and oxygen atoms in total. The number of nitrogens with zero attached hydrogens (tertiary/aromatic N) is 3. The highest BCUT2D eigenvalue weighted by Crippen LogP contribution is 2.32. The lowest BCUT2D eigenvalue weighted by Crippen LogP contribution is -2.47. The molecule has 0 amide bonds. The summed E-state index contributed by atoms with van der Waals surface area (Å²) in [7, 11) is 8.10. The topological polar surface area (TPSA) is 42.7 Å². The molecule has 0 atom stereocenters. The van der Waals surface area contributed by atoms with E-state index in [0.29, 0.717) is 11.8 Å². The summed E-state index contributed by atoms with van der Waals surface area (Å²) in [6, 6.07) is 6.74. The van der Waals surface area contributed by atoms with E-state index in [2.05, 4.69) is 79.9 Å². The first-order chi connectivity index (χ1) is 12.0. The summed E-state index contributed by atoms with van der Waals surface area (Å²) in [5.74, 6) is 2.61. The molecule has 0 aliphatic rings. The summed E-state index contributed by atoms with van der Waals surface area (Å²) >= 11 is 0. The number of hydrogen-bond acceptors (Lipinski definition) is 1. The van der Waals surface area contributed by atoms with Crippen LogP contribution >= 0.6 is 0 Å². The standard InChI is InChI=1S/C21H37N5/c1-14(2)17-12-11-13-18(15(3)4)19(17)23-20(22-16(5)6)24-21(25(7)8)26(9)10/h11-16H,1-10H3,(H,22,23)/p+1. The van der Waals surface area contributed by atoms with Crippen molar-refractivity contribution in [3.63, 3.8) is 0 Å². The molecule has 0 saturated heterocycles. The number of benzene rings is 1. The average Bonchev–Trinajstić information content (AvgIpc) is 2.50. The fourth-order valence-corrected chi connectivity index (χ4v) is 2.90. The van der Waals surface area contributed by atoms with Gasteiger partial charge in [-0.1, -0.05) is 45.9 Å². The molecule has 2 N–H and O–H groups in total. The molecule has 0 unspecified atom stereocenters. The molecule has 0 aliphatic heterocycles. The summed E-state index contributed by atoms with van der Waals surface area (Å²) in [6.07, 6.45) is 0. The normalized spacial score (nSPS) is 12.0. The Kier molecular flexibility index (Phi) is 8.12. The number of guanidine groups is 2. The van der Waals surface area contributed by atoms with Crippen LogP contribution < -0.4 is 10.6 Å². The molecule has 0 bridgehead atoms. The van der Waals surface area contributed by atoms with Gasteiger partial charge in [-0.05, 0) is 36.8 Å². The van der Waals surface area contributed by atoms with E-state index in [1.807, 2.05) is 28.2 Å². The number of aliphatic imine (C=N–C) groups is 1. The van der Waals surface area contributed by atoms with E-state index in [-0.39, 0.29) is 6.04 Å². The summed E-state index contributed by atoms with van der Waals surface area (Å²) < 4.78 is 2.05. The molecule has 0 spiro atoms. The first-order valence-electron chi connectivity index (χ1n) is 9.50. The third-order valence-corrected chi connectivity index (χ3v) is 4.08. The van der Waals surface area contributed by atoms with Crippen LogP contribution in [-0.2, 0) is 0 Å². The van der Waals surface area contributed by atoms with Crippen molar-refractivity contribution in [2.45, 2.75) is 59.4 Å². The Labute approximate surface area is 160 Å². The Bertz CT molecular complexity index is 624. The molecule has 1 aromatic rings. The largest absolute Gasteiger partial charge is 0.354 e. The highest BCUT2D eigenvalue weighted by Gasteiger charge is 2.20. The minimum atomic E-state index is 0.185. The Morgan fingerprint density at radius 1 is 0.962 bits per heavy atom. The SMILES string of the molecule is CC(C)N=C(NC(N(C)C)=[N+](C)C)Nc1c(C(C)C)cccc1C(C)C. The summed E-state index contributed by atoms with van der Waals surface area (Å²) in [5, 5.41) is 7.09. The van der Waals surface area contributed by atoms with E-state index >= 15 is 0 Å². The molecule has 1 rings (SSSR count). The van der Waals surface area contributed by atoms with E-state index in [1.54, 1.807) is 0 Å². The van der Waals surface area contributed by atoms with Gasteiger partial charge in [0.25, 0.3) is 5.96 Å². The quantitative estimate of drug-likeness (QED) is 0.486. The number of rotatable bonds is 4. The smallest absolute Gasteiger partial charge is 0.312 e. The van der Waals surface area contributed by atoms with Crippen LogP contribution in [0.15, 0.2) is 23.2 Å². The monoisotopic (exact) mass is 360 g/mol. The lowest BCUT2D eigenvalue weighted by molar-refractivity contribution is -0.471. The van der Waals surface area contributed by atoms with Crippen LogP contribution in [0.25, 0.3) is 0 Å². The van der Waals surface area contributed by atoms with Gasteiger partial charge in [-0.3, -0.25) is 9.48 Å². The zero-order valence-electron chi connectivity index (χ0n) is 18.3. The second-order valence-corrected chi connectivity index (χ2v) is 8.05. The van der Waals surface area contributed by atoms with Crippen LogP contribution in [0.2, 0.25) is 0 Å². The zero-order valence-corrected chi connectivity index (χ0v) is 18.3. The maximum atomic E-state index is 4.80. The lowest BCUT2D eigenvalue weighted by Gasteiger charge is -2.22. The molecule has 5 heteroatoms. The van der Waals surface area contributed by atoms with Crippen molar-refractivity contribution in [1.82, 2.24) is 10.2 Å². The van der Waals surface area contributed by atoms with Gasteiger partial charge in [0.1, 0.15) is 0 Å². The van der Waals surface area contributed by atoms with Gasteiger partial charge < -0.3 is 5.32 Å². The molecule has 0 fully saturated rings.